The lowest BCUT2D eigenvalue weighted by Crippen LogP contribution is -2.23. The van der Waals surface area contributed by atoms with E-state index in [4.69, 9.17) is 11.6 Å². The summed E-state index contributed by atoms with van der Waals surface area (Å²) in [6, 6.07) is 13.1. The van der Waals surface area contributed by atoms with E-state index in [1.54, 1.807) is 0 Å². The summed E-state index contributed by atoms with van der Waals surface area (Å²) in [7, 11) is 0. The van der Waals surface area contributed by atoms with Crippen molar-refractivity contribution in [3.63, 3.8) is 0 Å². The van der Waals surface area contributed by atoms with Crippen LogP contribution in [0, 0.1) is 20.8 Å². The molecule has 0 bridgehead atoms. The van der Waals surface area contributed by atoms with E-state index < -0.39 is 0 Å². The fraction of sp³-hybridized carbons (Fsp3) is 0.368. The lowest BCUT2D eigenvalue weighted by Gasteiger charge is -2.23. The van der Waals surface area contributed by atoms with Crippen LogP contribution in [0.5, 0.6) is 0 Å². The van der Waals surface area contributed by atoms with Crippen molar-refractivity contribution in [1.82, 2.24) is 5.32 Å². The third-order valence-electron chi connectivity index (χ3n) is 4.22. The van der Waals surface area contributed by atoms with E-state index >= 15 is 0 Å². The molecule has 2 unspecified atom stereocenters. The van der Waals surface area contributed by atoms with E-state index in [9.17, 15) is 0 Å². The maximum atomic E-state index is 6.29. The van der Waals surface area contributed by atoms with Gasteiger partial charge in [-0.15, -0.1) is 0 Å². The molecule has 112 valence electrons. The number of nitrogens with one attached hydrogen (secondary N) is 1. The zero-order valence-electron chi connectivity index (χ0n) is 13.5. The highest BCUT2D eigenvalue weighted by Gasteiger charge is 2.15. The van der Waals surface area contributed by atoms with E-state index in [1.165, 1.54) is 22.3 Å². The summed E-state index contributed by atoms with van der Waals surface area (Å²) in [4.78, 5) is 0. The lowest BCUT2D eigenvalue weighted by molar-refractivity contribution is 0.493. The topological polar surface area (TPSA) is 12.0 Å². The summed E-state index contributed by atoms with van der Waals surface area (Å²) in [5.74, 6) is 0. The van der Waals surface area contributed by atoms with Crippen LogP contribution in [-0.4, -0.2) is 0 Å². The Morgan fingerprint density at radius 2 is 1.38 bits per heavy atom. The first-order chi connectivity index (χ1) is 9.90. The van der Waals surface area contributed by atoms with Crippen molar-refractivity contribution >= 4 is 11.6 Å². The standard InChI is InChI=1S/C19H24ClN/c1-12-10-14(3)18(11-13(12)2)16(5)21-15(4)17-8-6-7-9-19(17)20/h6-11,15-16,21H,1-5H3. The SMILES string of the molecule is Cc1cc(C)c(C(C)NC(C)c2ccccc2Cl)cc1C. The van der Waals surface area contributed by atoms with Crippen LogP contribution in [0.25, 0.3) is 0 Å². The minimum atomic E-state index is 0.217. The Kier molecular flexibility index (Phi) is 5.08. The average Bonchev–Trinajstić information content (AvgIpc) is 2.43. The molecule has 0 saturated heterocycles. The van der Waals surface area contributed by atoms with Crippen LogP contribution in [0.4, 0.5) is 0 Å². The van der Waals surface area contributed by atoms with Crippen molar-refractivity contribution in [1.29, 1.82) is 0 Å². The van der Waals surface area contributed by atoms with Crippen LogP contribution >= 0.6 is 11.6 Å². The molecule has 0 heterocycles. The maximum absolute atomic E-state index is 6.29. The molecule has 2 heteroatoms. The molecule has 0 fully saturated rings. The van der Waals surface area contributed by atoms with Crippen LogP contribution in [0.2, 0.25) is 5.02 Å². The molecular weight excluding hydrogens is 278 g/mol. The first-order valence-electron chi connectivity index (χ1n) is 7.48. The van der Waals surface area contributed by atoms with Gasteiger partial charge in [-0.3, -0.25) is 0 Å². The summed E-state index contributed by atoms with van der Waals surface area (Å²) in [5, 5.41) is 4.48. The molecule has 0 spiro atoms. The lowest BCUT2D eigenvalue weighted by atomic mass is 9.95. The molecule has 0 radical (unpaired) electrons. The Morgan fingerprint density at radius 1 is 0.810 bits per heavy atom. The Bertz CT molecular complexity index is 633. The van der Waals surface area contributed by atoms with Crippen molar-refractivity contribution in [2.45, 2.75) is 46.7 Å². The highest BCUT2D eigenvalue weighted by Crippen LogP contribution is 2.27. The second-order valence-corrected chi connectivity index (χ2v) is 6.33. The van der Waals surface area contributed by atoms with E-state index in [2.05, 4.69) is 58.1 Å². The van der Waals surface area contributed by atoms with Crippen molar-refractivity contribution in [2.24, 2.45) is 0 Å². The van der Waals surface area contributed by atoms with Gasteiger partial charge in [-0.05, 0) is 68.5 Å². The van der Waals surface area contributed by atoms with Crippen LogP contribution in [0.15, 0.2) is 36.4 Å². The molecule has 0 amide bonds. The first-order valence-corrected chi connectivity index (χ1v) is 7.86. The molecule has 1 N–H and O–H groups in total. The number of benzene rings is 2. The highest BCUT2D eigenvalue weighted by atomic mass is 35.5. The van der Waals surface area contributed by atoms with Crippen molar-refractivity contribution < 1.29 is 0 Å². The van der Waals surface area contributed by atoms with E-state index in [1.807, 2.05) is 18.2 Å². The molecule has 0 aliphatic rings. The first kappa shape index (κ1) is 16.1. The minimum absolute atomic E-state index is 0.217. The molecule has 0 aromatic heterocycles. The van der Waals surface area contributed by atoms with Crippen molar-refractivity contribution in [3.8, 4) is 0 Å². The maximum Gasteiger partial charge on any atom is 0.0453 e. The second-order valence-electron chi connectivity index (χ2n) is 5.92. The third kappa shape index (κ3) is 3.66. The fourth-order valence-electron chi connectivity index (χ4n) is 2.83. The molecule has 2 atom stereocenters. The zero-order chi connectivity index (χ0) is 15.6. The molecule has 0 aliphatic carbocycles. The Labute approximate surface area is 133 Å². The fourth-order valence-corrected chi connectivity index (χ4v) is 3.13. The molecule has 0 saturated carbocycles. The van der Waals surface area contributed by atoms with Gasteiger partial charge in [0, 0.05) is 17.1 Å². The van der Waals surface area contributed by atoms with Gasteiger partial charge in [-0.1, -0.05) is 41.9 Å². The van der Waals surface area contributed by atoms with Crippen LogP contribution in [-0.2, 0) is 0 Å². The summed E-state index contributed by atoms with van der Waals surface area (Å²) in [6.45, 7) is 10.9. The van der Waals surface area contributed by atoms with Gasteiger partial charge in [0.05, 0.1) is 0 Å². The minimum Gasteiger partial charge on any atom is -0.304 e. The van der Waals surface area contributed by atoms with Gasteiger partial charge in [0.2, 0.25) is 0 Å². The quantitative estimate of drug-likeness (QED) is 0.766. The number of rotatable bonds is 4. The normalized spacial score (nSPS) is 14.0. The van der Waals surface area contributed by atoms with Gasteiger partial charge in [0.25, 0.3) is 0 Å². The van der Waals surface area contributed by atoms with Gasteiger partial charge in [-0.2, -0.15) is 0 Å². The monoisotopic (exact) mass is 301 g/mol. The summed E-state index contributed by atoms with van der Waals surface area (Å²) >= 11 is 6.29. The molecule has 1 nitrogen and oxygen atoms in total. The Morgan fingerprint density at radius 3 is 2.05 bits per heavy atom. The van der Waals surface area contributed by atoms with Crippen molar-refractivity contribution in [3.05, 3.63) is 69.2 Å². The zero-order valence-corrected chi connectivity index (χ0v) is 14.3. The van der Waals surface area contributed by atoms with Gasteiger partial charge >= 0.3 is 0 Å². The number of halogens is 1. The summed E-state index contributed by atoms with van der Waals surface area (Å²) in [5.41, 5.74) is 6.53. The van der Waals surface area contributed by atoms with Crippen LogP contribution < -0.4 is 5.32 Å². The van der Waals surface area contributed by atoms with E-state index in [0.717, 1.165) is 10.6 Å². The summed E-state index contributed by atoms with van der Waals surface area (Å²) < 4.78 is 0. The number of aryl methyl sites for hydroxylation is 3. The van der Waals surface area contributed by atoms with Gasteiger partial charge in [-0.25, -0.2) is 0 Å². The molecule has 21 heavy (non-hydrogen) atoms. The van der Waals surface area contributed by atoms with Gasteiger partial charge in [0.15, 0.2) is 0 Å². The Hall–Kier alpha value is -1.31. The largest absolute Gasteiger partial charge is 0.304 e. The highest BCUT2D eigenvalue weighted by molar-refractivity contribution is 6.31. The second kappa shape index (κ2) is 6.64. The number of hydrogen-bond donors (Lipinski definition) is 1. The van der Waals surface area contributed by atoms with Gasteiger partial charge in [0.1, 0.15) is 0 Å². The molecular formula is C19H24ClN. The van der Waals surface area contributed by atoms with Crippen LogP contribution in [0.3, 0.4) is 0 Å². The average molecular weight is 302 g/mol. The molecule has 2 rings (SSSR count). The van der Waals surface area contributed by atoms with E-state index in [-0.39, 0.29) is 12.1 Å². The van der Waals surface area contributed by atoms with Crippen LogP contribution in [0.1, 0.15) is 53.7 Å². The Balaban J connectivity index is 2.20. The molecule has 2 aromatic carbocycles. The smallest absolute Gasteiger partial charge is 0.0453 e. The molecule has 0 aliphatic heterocycles. The van der Waals surface area contributed by atoms with Gasteiger partial charge < -0.3 is 5.32 Å². The predicted octanol–water partition coefficient (Wildman–Crippen LogP) is 5.68. The summed E-state index contributed by atoms with van der Waals surface area (Å²) in [6.07, 6.45) is 0. The van der Waals surface area contributed by atoms with Crippen molar-refractivity contribution in [2.75, 3.05) is 0 Å². The molecule has 2 aromatic rings. The van der Waals surface area contributed by atoms with E-state index in [0.29, 0.717) is 0 Å². The predicted molar refractivity (Wildman–Crippen MR) is 92.1 cm³/mol. The number of hydrogen-bond acceptors (Lipinski definition) is 1. The third-order valence-corrected chi connectivity index (χ3v) is 4.56.